The number of likely N-dealkylation sites (N-methyl/N-ethyl adjacent to an activating group) is 1. The van der Waals surface area contributed by atoms with E-state index in [9.17, 15) is 4.39 Å². The van der Waals surface area contributed by atoms with Gasteiger partial charge in [0.2, 0.25) is 11.9 Å². The number of piperazine rings is 1. The molecule has 25 heavy (non-hydrogen) atoms. The first-order valence-electron chi connectivity index (χ1n) is 7.99. The Hall–Kier alpha value is -2.19. The number of nitrogen functional groups attached to an aromatic ring is 1. The lowest BCUT2D eigenvalue weighted by Gasteiger charge is -2.32. The summed E-state index contributed by atoms with van der Waals surface area (Å²) in [5, 5.41) is 0.386. The first-order valence-corrected chi connectivity index (χ1v) is 8.37. The van der Waals surface area contributed by atoms with Crippen LogP contribution in [0.15, 0.2) is 18.2 Å². The molecule has 1 aliphatic heterocycles. The number of anilines is 2. The van der Waals surface area contributed by atoms with E-state index in [1.165, 1.54) is 18.2 Å². The van der Waals surface area contributed by atoms with Crippen molar-refractivity contribution in [2.75, 3.05) is 43.9 Å². The second-order valence-electron chi connectivity index (χ2n) is 5.98. The van der Waals surface area contributed by atoms with Crippen LogP contribution in [0.4, 0.5) is 16.3 Å². The number of aromatic nitrogens is 3. The number of benzene rings is 1. The van der Waals surface area contributed by atoms with Gasteiger partial charge in [0.1, 0.15) is 0 Å². The van der Waals surface area contributed by atoms with Crippen molar-refractivity contribution < 1.29 is 9.13 Å². The predicted molar refractivity (Wildman–Crippen MR) is 94.4 cm³/mol. The normalized spacial score (nSPS) is 16.7. The highest BCUT2D eigenvalue weighted by Crippen LogP contribution is 2.27. The van der Waals surface area contributed by atoms with Gasteiger partial charge in [-0.15, -0.1) is 0 Å². The molecule has 2 N–H and O–H groups in total. The Labute approximate surface area is 150 Å². The first-order chi connectivity index (χ1) is 11.9. The number of halogens is 2. The van der Waals surface area contributed by atoms with Gasteiger partial charge in [0, 0.05) is 37.3 Å². The Morgan fingerprint density at radius 3 is 2.64 bits per heavy atom. The summed E-state index contributed by atoms with van der Waals surface area (Å²) < 4.78 is 19.5. The van der Waals surface area contributed by atoms with E-state index in [1.54, 1.807) is 6.92 Å². The Morgan fingerprint density at radius 1 is 1.20 bits per heavy atom. The van der Waals surface area contributed by atoms with Crippen molar-refractivity contribution in [3.05, 3.63) is 34.9 Å². The lowest BCUT2D eigenvalue weighted by molar-refractivity contribution is 0.206. The fourth-order valence-electron chi connectivity index (χ4n) is 2.54. The van der Waals surface area contributed by atoms with Gasteiger partial charge in [-0.2, -0.15) is 15.0 Å². The van der Waals surface area contributed by atoms with E-state index in [-0.39, 0.29) is 11.7 Å². The van der Waals surface area contributed by atoms with Gasteiger partial charge in [0.15, 0.2) is 23.5 Å². The summed E-state index contributed by atoms with van der Waals surface area (Å²) in [7, 11) is 2.07. The zero-order valence-corrected chi connectivity index (χ0v) is 14.9. The molecule has 9 heteroatoms. The van der Waals surface area contributed by atoms with Gasteiger partial charge in [-0.3, -0.25) is 0 Å². The van der Waals surface area contributed by atoms with E-state index in [4.69, 9.17) is 22.1 Å². The zero-order valence-electron chi connectivity index (χ0n) is 14.1. The lowest BCUT2D eigenvalue weighted by Crippen LogP contribution is -2.45. The lowest BCUT2D eigenvalue weighted by atomic mass is 10.3. The molecule has 1 aromatic heterocycles. The molecule has 1 fully saturated rings. The van der Waals surface area contributed by atoms with E-state index >= 15 is 0 Å². The molecule has 0 amide bonds. The molecule has 2 aromatic rings. The quantitative estimate of drug-likeness (QED) is 0.887. The standard InChI is InChI=1S/C16H20ClFN6O/c1-10(25-13-9-11(17)3-4-12(13)18)14-20-15(19)22-16(21-14)24-7-5-23(2)6-8-24/h3-4,9-10H,5-8H2,1-2H3,(H2,19,20,21,22). The average Bonchev–Trinajstić information content (AvgIpc) is 2.58. The highest BCUT2D eigenvalue weighted by molar-refractivity contribution is 6.30. The molecule has 1 aliphatic rings. The number of hydrogen-bond acceptors (Lipinski definition) is 7. The third kappa shape index (κ3) is 4.26. The maximum atomic E-state index is 13.9. The number of nitrogens with two attached hydrogens (primary N) is 1. The van der Waals surface area contributed by atoms with E-state index in [0.717, 1.165) is 26.2 Å². The van der Waals surface area contributed by atoms with Crippen LogP contribution in [0.2, 0.25) is 5.02 Å². The molecule has 1 aromatic carbocycles. The third-order valence-electron chi connectivity index (χ3n) is 4.00. The van der Waals surface area contributed by atoms with Gasteiger partial charge in [-0.25, -0.2) is 4.39 Å². The molecule has 2 heterocycles. The van der Waals surface area contributed by atoms with Crippen molar-refractivity contribution in [1.82, 2.24) is 19.9 Å². The van der Waals surface area contributed by atoms with Crippen molar-refractivity contribution >= 4 is 23.5 Å². The van der Waals surface area contributed by atoms with Gasteiger partial charge in [-0.1, -0.05) is 11.6 Å². The molecule has 0 aliphatic carbocycles. The molecular formula is C16H20ClFN6O. The summed E-state index contributed by atoms with van der Waals surface area (Å²) in [6.07, 6.45) is -0.607. The predicted octanol–water partition coefficient (Wildman–Crippen LogP) is 2.14. The Balaban J connectivity index is 1.80. The molecule has 0 spiro atoms. The van der Waals surface area contributed by atoms with E-state index in [0.29, 0.717) is 16.8 Å². The topological polar surface area (TPSA) is 80.4 Å². The van der Waals surface area contributed by atoms with Crippen molar-refractivity contribution in [1.29, 1.82) is 0 Å². The second-order valence-corrected chi connectivity index (χ2v) is 6.41. The monoisotopic (exact) mass is 366 g/mol. The highest BCUT2D eigenvalue weighted by atomic mass is 35.5. The molecule has 0 saturated carbocycles. The molecule has 0 bridgehead atoms. The van der Waals surface area contributed by atoms with E-state index in [1.807, 2.05) is 4.90 Å². The van der Waals surface area contributed by atoms with Crippen LogP contribution >= 0.6 is 11.6 Å². The molecule has 0 radical (unpaired) electrons. The molecular weight excluding hydrogens is 347 g/mol. The molecule has 1 saturated heterocycles. The second kappa shape index (κ2) is 7.37. The van der Waals surface area contributed by atoms with Crippen molar-refractivity contribution in [3.63, 3.8) is 0 Å². The Bertz CT molecular complexity index is 753. The minimum atomic E-state index is -0.607. The molecule has 1 atom stereocenters. The Morgan fingerprint density at radius 2 is 1.92 bits per heavy atom. The molecule has 1 unspecified atom stereocenters. The molecule has 3 rings (SSSR count). The maximum Gasteiger partial charge on any atom is 0.230 e. The van der Waals surface area contributed by atoms with Gasteiger partial charge in [0.25, 0.3) is 0 Å². The van der Waals surface area contributed by atoms with Crippen LogP contribution in [-0.2, 0) is 0 Å². The summed E-state index contributed by atoms with van der Waals surface area (Å²) in [4.78, 5) is 17.1. The minimum Gasteiger partial charge on any atom is -0.480 e. The average molecular weight is 367 g/mol. The third-order valence-corrected chi connectivity index (χ3v) is 4.24. The summed E-state index contributed by atoms with van der Waals surface area (Å²) in [6, 6.07) is 4.13. The van der Waals surface area contributed by atoms with Crippen LogP contribution in [0, 0.1) is 5.82 Å². The Kier molecular flexibility index (Phi) is 5.19. The van der Waals surface area contributed by atoms with Crippen molar-refractivity contribution in [3.8, 4) is 5.75 Å². The van der Waals surface area contributed by atoms with Crippen LogP contribution in [0.1, 0.15) is 18.9 Å². The summed E-state index contributed by atoms with van der Waals surface area (Å²) in [6.45, 7) is 5.17. The van der Waals surface area contributed by atoms with Crippen LogP contribution in [0.25, 0.3) is 0 Å². The number of hydrogen-bond donors (Lipinski definition) is 1. The van der Waals surface area contributed by atoms with Crippen molar-refractivity contribution in [2.45, 2.75) is 13.0 Å². The van der Waals surface area contributed by atoms with Gasteiger partial charge in [-0.05, 0) is 26.1 Å². The molecule has 7 nitrogen and oxygen atoms in total. The van der Waals surface area contributed by atoms with Crippen LogP contribution < -0.4 is 15.4 Å². The summed E-state index contributed by atoms with van der Waals surface area (Å²) in [5.74, 6) is 0.511. The van der Waals surface area contributed by atoms with Crippen LogP contribution in [0.3, 0.4) is 0 Å². The number of ether oxygens (including phenoxy) is 1. The number of rotatable bonds is 4. The fraction of sp³-hybridized carbons (Fsp3) is 0.438. The van der Waals surface area contributed by atoms with Gasteiger partial charge in [0.05, 0.1) is 0 Å². The van der Waals surface area contributed by atoms with Crippen molar-refractivity contribution in [2.24, 2.45) is 0 Å². The first kappa shape index (κ1) is 17.6. The van der Waals surface area contributed by atoms with Crippen LogP contribution in [0.5, 0.6) is 5.75 Å². The summed E-state index contributed by atoms with van der Waals surface area (Å²) >= 11 is 5.89. The SMILES string of the molecule is CC(Oc1cc(Cl)ccc1F)c1nc(N)nc(N2CCN(C)CC2)n1. The van der Waals surface area contributed by atoms with Gasteiger partial charge < -0.3 is 20.3 Å². The number of nitrogens with zero attached hydrogens (tertiary/aromatic N) is 5. The zero-order chi connectivity index (χ0) is 18.0. The highest BCUT2D eigenvalue weighted by Gasteiger charge is 2.21. The maximum absolute atomic E-state index is 13.9. The largest absolute Gasteiger partial charge is 0.480 e. The fourth-order valence-corrected chi connectivity index (χ4v) is 2.70. The smallest absolute Gasteiger partial charge is 0.230 e. The summed E-state index contributed by atoms with van der Waals surface area (Å²) in [5.41, 5.74) is 5.83. The van der Waals surface area contributed by atoms with Crippen LogP contribution in [-0.4, -0.2) is 53.1 Å². The van der Waals surface area contributed by atoms with E-state index in [2.05, 4.69) is 26.9 Å². The molecule has 134 valence electrons. The van der Waals surface area contributed by atoms with E-state index < -0.39 is 11.9 Å². The minimum absolute atomic E-state index is 0.0418. The van der Waals surface area contributed by atoms with Gasteiger partial charge >= 0.3 is 0 Å².